The van der Waals surface area contributed by atoms with E-state index in [9.17, 15) is 14.7 Å². The average Bonchev–Trinajstić information content (AvgIpc) is 2.15. The van der Waals surface area contributed by atoms with Crippen molar-refractivity contribution >= 4 is 11.8 Å². The first kappa shape index (κ1) is 9.97. The summed E-state index contributed by atoms with van der Waals surface area (Å²) in [6, 6.07) is 2.81. The van der Waals surface area contributed by atoms with Crippen LogP contribution in [0.2, 0.25) is 0 Å². The first-order valence-corrected chi connectivity index (χ1v) is 3.81. The fraction of sp³-hybridized carbons (Fsp3) is 0.125. The van der Waals surface area contributed by atoms with E-state index in [4.69, 9.17) is 5.73 Å². The number of aromatic nitrogens is 1. The van der Waals surface area contributed by atoms with Gasteiger partial charge in [-0.05, 0) is 12.1 Å². The van der Waals surface area contributed by atoms with Crippen molar-refractivity contribution in [3.05, 3.63) is 24.0 Å². The molecule has 6 heteroatoms. The van der Waals surface area contributed by atoms with E-state index in [-0.39, 0.29) is 18.0 Å². The molecule has 74 valence electrons. The lowest BCUT2D eigenvalue weighted by Crippen LogP contribution is -2.33. The molecule has 4 N–H and O–H groups in total. The largest absolute Gasteiger partial charge is 0.505 e. The Morgan fingerprint density at radius 3 is 2.86 bits per heavy atom. The molecule has 0 unspecified atom stereocenters. The Labute approximate surface area is 79.8 Å². The summed E-state index contributed by atoms with van der Waals surface area (Å²) in [6.45, 7) is -0.283. The zero-order valence-electron chi connectivity index (χ0n) is 7.23. The topological polar surface area (TPSA) is 105 Å². The number of pyridine rings is 1. The Morgan fingerprint density at radius 2 is 2.29 bits per heavy atom. The van der Waals surface area contributed by atoms with E-state index in [1.54, 1.807) is 0 Å². The fourth-order valence-corrected chi connectivity index (χ4v) is 0.823. The van der Waals surface area contributed by atoms with Gasteiger partial charge in [0, 0.05) is 6.20 Å². The van der Waals surface area contributed by atoms with Gasteiger partial charge in [0.25, 0.3) is 5.91 Å². The molecule has 1 aromatic rings. The number of hydrogen-bond acceptors (Lipinski definition) is 4. The number of amides is 2. The highest BCUT2D eigenvalue weighted by molar-refractivity contribution is 5.96. The van der Waals surface area contributed by atoms with Gasteiger partial charge in [-0.3, -0.25) is 9.59 Å². The quantitative estimate of drug-likeness (QED) is 0.575. The number of aromatic hydroxyl groups is 1. The molecule has 14 heavy (non-hydrogen) atoms. The van der Waals surface area contributed by atoms with Crippen molar-refractivity contribution in [2.24, 2.45) is 5.73 Å². The number of primary amides is 1. The van der Waals surface area contributed by atoms with Gasteiger partial charge in [-0.25, -0.2) is 4.98 Å². The summed E-state index contributed by atoms with van der Waals surface area (Å²) < 4.78 is 0. The minimum Gasteiger partial charge on any atom is -0.505 e. The minimum absolute atomic E-state index is 0.131. The Bertz CT molecular complexity index is 365. The lowest BCUT2D eigenvalue weighted by atomic mass is 10.3. The van der Waals surface area contributed by atoms with Gasteiger partial charge >= 0.3 is 0 Å². The molecule has 0 aliphatic rings. The van der Waals surface area contributed by atoms with Gasteiger partial charge in [-0.2, -0.15) is 0 Å². The molecule has 1 rings (SSSR count). The van der Waals surface area contributed by atoms with Crippen molar-refractivity contribution in [2.45, 2.75) is 0 Å². The molecule has 0 saturated carbocycles. The molecule has 0 fully saturated rings. The van der Waals surface area contributed by atoms with E-state index in [0.29, 0.717) is 0 Å². The SMILES string of the molecule is NC(=O)CNC(=O)c1ncccc1O. The van der Waals surface area contributed by atoms with Crippen LogP contribution in [0.4, 0.5) is 0 Å². The maximum absolute atomic E-state index is 11.2. The number of nitrogens with zero attached hydrogens (tertiary/aromatic N) is 1. The highest BCUT2D eigenvalue weighted by atomic mass is 16.3. The highest BCUT2D eigenvalue weighted by Gasteiger charge is 2.11. The molecule has 1 heterocycles. The summed E-state index contributed by atoms with van der Waals surface area (Å²) >= 11 is 0. The maximum Gasteiger partial charge on any atom is 0.274 e. The van der Waals surface area contributed by atoms with Crippen molar-refractivity contribution in [1.29, 1.82) is 0 Å². The summed E-state index contributed by atoms with van der Waals surface area (Å²) in [6.07, 6.45) is 1.36. The summed E-state index contributed by atoms with van der Waals surface area (Å²) in [5.41, 5.74) is 4.69. The molecule has 6 nitrogen and oxygen atoms in total. The average molecular weight is 195 g/mol. The zero-order chi connectivity index (χ0) is 10.6. The Kier molecular flexibility index (Phi) is 3.01. The molecule has 0 spiro atoms. The highest BCUT2D eigenvalue weighted by Crippen LogP contribution is 2.11. The van der Waals surface area contributed by atoms with Crippen molar-refractivity contribution in [1.82, 2.24) is 10.3 Å². The number of hydrogen-bond donors (Lipinski definition) is 3. The molecule has 0 aliphatic carbocycles. The number of carbonyl (C=O) groups excluding carboxylic acids is 2. The maximum atomic E-state index is 11.2. The number of carbonyl (C=O) groups is 2. The van der Waals surface area contributed by atoms with Crippen LogP contribution in [0.3, 0.4) is 0 Å². The first-order valence-electron chi connectivity index (χ1n) is 3.81. The Balaban J connectivity index is 2.70. The molecule has 0 aliphatic heterocycles. The third-order valence-electron chi connectivity index (χ3n) is 1.42. The van der Waals surface area contributed by atoms with Gasteiger partial charge < -0.3 is 16.2 Å². The van der Waals surface area contributed by atoms with Gasteiger partial charge in [-0.15, -0.1) is 0 Å². The van der Waals surface area contributed by atoms with Gasteiger partial charge in [0.1, 0.15) is 5.75 Å². The second kappa shape index (κ2) is 4.22. The van der Waals surface area contributed by atoms with Gasteiger partial charge in [0.05, 0.1) is 6.54 Å². The Morgan fingerprint density at radius 1 is 1.57 bits per heavy atom. The van der Waals surface area contributed by atoms with Crippen LogP contribution in [0, 0.1) is 0 Å². The third-order valence-corrected chi connectivity index (χ3v) is 1.42. The second-order valence-corrected chi connectivity index (χ2v) is 2.52. The van der Waals surface area contributed by atoms with Crippen LogP contribution in [0.15, 0.2) is 18.3 Å². The molecule has 0 saturated heterocycles. The predicted octanol–water partition coefficient (Wildman–Crippen LogP) is -0.998. The van der Waals surface area contributed by atoms with Gasteiger partial charge in [0.15, 0.2) is 5.69 Å². The van der Waals surface area contributed by atoms with Crippen LogP contribution in [-0.2, 0) is 4.79 Å². The van der Waals surface area contributed by atoms with Crippen LogP contribution in [0.25, 0.3) is 0 Å². The van der Waals surface area contributed by atoms with Crippen molar-refractivity contribution in [2.75, 3.05) is 6.54 Å². The molecule has 0 aromatic carbocycles. The fourth-order valence-electron chi connectivity index (χ4n) is 0.823. The zero-order valence-corrected chi connectivity index (χ0v) is 7.23. The molecular formula is C8H9N3O3. The van der Waals surface area contributed by atoms with E-state index >= 15 is 0 Å². The molecule has 0 atom stereocenters. The van der Waals surface area contributed by atoms with Crippen LogP contribution < -0.4 is 11.1 Å². The number of rotatable bonds is 3. The summed E-state index contributed by atoms with van der Waals surface area (Å²) in [4.78, 5) is 25.2. The van der Waals surface area contributed by atoms with E-state index < -0.39 is 11.8 Å². The summed E-state index contributed by atoms with van der Waals surface area (Å²) in [5, 5.41) is 11.4. The summed E-state index contributed by atoms with van der Waals surface area (Å²) in [5.74, 6) is -1.54. The number of nitrogens with two attached hydrogens (primary N) is 1. The van der Waals surface area contributed by atoms with Gasteiger partial charge in [-0.1, -0.05) is 0 Å². The minimum atomic E-state index is -0.659. The van der Waals surface area contributed by atoms with E-state index in [2.05, 4.69) is 10.3 Å². The Hall–Kier alpha value is -2.11. The molecule has 0 bridgehead atoms. The smallest absolute Gasteiger partial charge is 0.274 e. The van der Waals surface area contributed by atoms with Crippen LogP contribution in [0.1, 0.15) is 10.5 Å². The van der Waals surface area contributed by atoms with Gasteiger partial charge in [0.2, 0.25) is 5.91 Å². The first-order chi connectivity index (χ1) is 6.61. The molecule has 2 amide bonds. The van der Waals surface area contributed by atoms with Crippen LogP contribution in [0.5, 0.6) is 5.75 Å². The van der Waals surface area contributed by atoms with Crippen molar-refractivity contribution in [3.63, 3.8) is 0 Å². The molecule has 1 aromatic heterocycles. The molecular weight excluding hydrogens is 186 g/mol. The second-order valence-electron chi connectivity index (χ2n) is 2.52. The lowest BCUT2D eigenvalue weighted by molar-refractivity contribution is -0.117. The third kappa shape index (κ3) is 2.44. The lowest BCUT2D eigenvalue weighted by Gasteiger charge is -2.02. The van der Waals surface area contributed by atoms with Crippen LogP contribution in [-0.4, -0.2) is 28.4 Å². The van der Waals surface area contributed by atoms with Crippen LogP contribution >= 0.6 is 0 Å². The van der Waals surface area contributed by atoms with E-state index in [1.165, 1.54) is 18.3 Å². The standard InChI is InChI=1S/C8H9N3O3/c9-6(13)4-11-8(14)7-5(12)2-1-3-10-7/h1-3,12H,4H2,(H2,9,13)(H,11,14). The van der Waals surface area contributed by atoms with E-state index in [1.807, 2.05) is 0 Å². The van der Waals surface area contributed by atoms with Crippen molar-refractivity contribution in [3.8, 4) is 5.75 Å². The number of nitrogens with one attached hydrogen (secondary N) is 1. The van der Waals surface area contributed by atoms with E-state index in [0.717, 1.165) is 0 Å². The molecule has 0 radical (unpaired) electrons. The van der Waals surface area contributed by atoms with Crippen molar-refractivity contribution < 1.29 is 14.7 Å². The normalized spacial score (nSPS) is 9.43. The monoisotopic (exact) mass is 195 g/mol. The summed E-state index contributed by atoms with van der Waals surface area (Å²) in [7, 11) is 0. The predicted molar refractivity (Wildman–Crippen MR) is 47.4 cm³/mol.